The van der Waals surface area contributed by atoms with Gasteiger partial charge < -0.3 is 14.7 Å². The Kier molecular flexibility index (Phi) is 4.76. The molecule has 0 spiro atoms. The molecule has 2 rings (SSSR count). The van der Waals surface area contributed by atoms with Crippen LogP contribution in [0.1, 0.15) is 33.1 Å². The van der Waals surface area contributed by atoms with E-state index in [1.807, 2.05) is 13.8 Å². The maximum atomic E-state index is 11.0. The number of ether oxygens (including phenoxy) is 1. The Balaban J connectivity index is 2.06. The minimum atomic E-state index is -0.706. The third-order valence-electron chi connectivity index (χ3n) is 3.57. The summed E-state index contributed by atoms with van der Waals surface area (Å²) in [5.74, 6) is 0.322. The van der Waals surface area contributed by atoms with Gasteiger partial charge in [0.15, 0.2) is 5.82 Å². The predicted molar refractivity (Wildman–Crippen MR) is 75.0 cm³/mol. The largest absolute Gasteiger partial charge is 0.481 e. The highest BCUT2D eigenvalue weighted by Gasteiger charge is 2.30. The third kappa shape index (κ3) is 3.37. The molecule has 1 fully saturated rings. The van der Waals surface area contributed by atoms with Crippen molar-refractivity contribution in [2.45, 2.75) is 39.2 Å². The number of rotatable bonds is 5. The van der Waals surface area contributed by atoms with E-state index in [9.17, 15) is 4.79 Å². The van der Waals surface area contributed by atoms with Crippen molar-refractivity contribution in [2.75, 3.05) is 18.1 Å². The minimum Gasteiger partial charge on any atom is -0.481 e. The molecule has 1 aromatic heterocycles. The molecular weight excluding hydrogens is 258 g/mol. The Labute approximate surface area is 118 Å². The Morgan fingerprint density at radius 2 is 2.35 bits per heavy atom. The zero-order valence-corrected chi connectivity index (χ0v) is 12.0. The van der Waals surface area contributed by atoms with Gasteiger partial charge in [-0.05, 0) is 26.2 Å². The van der Waals surface area contributed by atoms with Crippen LogP contribution in [0, 0.1) is 5.92 Å². The molecule has 20 heavy (non-hydrogen) atoms. The van der Waals surface area contributed by atoms with Crippen LogP contribution < -0.4 is 9.64 Å². The van der Waals surface area contributed by atoms with Gasteiger partial charge in [-0.3, -0.25) is 9.78 Å². The molecule has 2 unspecified atom stereocenters. The fraction of sp³-hybridized carbons (Fsp3) is 0.643. The molecule has 0 aromatic carbocycles. The van der Waals surface area contributed by atoms with E-state index >= 15 is 0 Å². The van der Waals surface area contributed by atoms with Crippen LogP contribution in [0.5, 0.6) is 5.88 Å². The number of nitrogens with zero attached hydrogens (tertiary/aromatic N) is 3. The van der Waals surface area contributed by atoms with Crippen molar-refractivity contribution >= 4 is 11.8 Å². The van der Waals surface area contributed by atoms with Crippen LogP contribution >= 0.6 is 0 Å². The van der Waals surface area contributed by atoms with Crippen LogP contribution in [-0.4, -0.2) is 40.2 Å². The molecule has 0 radical (unpaired) electrons. The van der Waals surface area contributed by atoms with E-state index in [-0.39, 0.29) is 12.0 Å². The van der Waals surface area contributed by atoms with Crippen LogP contribution in [0.2, 0.25) is 0 Å². The van der Waals surface area contributed by atoms with Gasteiger partial charge in [-0.15, -0.1) is 0 Å². The molecule has 0 saturated carbocycles. The van der Waals surface area contributed by atoms with Gasteiger partial charge in [0.1, 0.15) is 0 Å². The summed E-state index contributed by atoms with van der Waals surface area (Å²) >= 11 is 0. The summed E-state index contributed by atoms with van der Waals surface area (Å²) in [5, 5.41) is 9.09. The standard InChI is InChI=1S/C14H21N3O3/c1-3-6-20-13-9-15-8-12(16-13)17-5-4-11(14(18)19)7-10(17)2/h8-11H,3-7H2,1-2H3,(H,18,19). The fourth-order valence-corrected chi connectivity index (χ4v) is 2.49. The highest BCUT2D eigenvalue weighted by atomic mass is 16.5. The maximum absolute atomic E-state index is 11.0. The summed E-state index contributed by atoms with van der Waals surface area (Å²) in [4.78, 5) is 21.8. The molecule has 0 amide bonds. The number of piperidine rings is 1. The van der Waals surface area contributed by atoms with Crippen LogP contribution in [0.4, 0.5) is 5.82 Å². The van der Waals surface area contributed by atoms with Crippen molar-refractivity contribution in [1.82, 2.24) is 9.97 Å². The van der Waals surface area contributed by atoms with Crippen LogP contribution in [0.25, 0.3) is 0 Å². The molecule has 2 heterocycles. The van der Waals surface area contributed by atoms with Crippen LogP contribution in [0.3, 0.4) is 0 Å². The van der Waals surface area contributed by atoms with Crippen molar-refractivity contribution < 1.29 is 14.6 Å². The summed E-state index contributed by atoms with van der Waals surface area (Å²) in [5.41, 5.74) is 0. The average Bonchev–Trinajstić information content (AvgIpc) is 2.45. The lowest BCUT2D eigenvalue weighted by molar-refractivity contribution is -0.142. The third-order valence-corrected chi connectivity index (χ3v) is 3.57. The number of carbonyl (C=O) groups is 1. The number of anilines is 1. The number of aromatic nitrogens is 2. The highest BCUT2D eigenvalue weighted by Crippen LogP contribution is 2.27. The summed E-state index contributed by atoms with van der Waals surface area (Å²) in [6.45, 7) is 5.37. The molecule has 0 aliphatic carbocycles. The molecule has 6 heteroatoms. The fourth-order valence-electron chi connectivity index (χ4n) is 2.49. The van der Waals surface area contributed by atoms with E-state index in [2.05, 4.69) is 14.9 Å². The number of hydrogen-bond donors (Lipinski definition) is 1. The lowest BCUT2D eigenvalue weighted by Gasteiger charge is -2.36. The first kappa shape index (κ1) is 14.6. The van der Waals surface area contributed by atoms with Crippen molar-refractivity contribution in [1.29, 1.82) is 0 Å². The molecule has 6 nitrogen and oxygen atoms in total. The zero-order chi connectivity index (χ0) is 14.5. The Morgan fingerprint density at radius 3 is 3.00 bits per heavy atom. The van der Waals surface area contributed by atoms with Gasteiger partial charge in [0.05, 0.1) is 24.9 Å². The van der Waals surface area contributed by atoms with E-state index in [1.54, 1.807) is 12.4 Å². The number of hydrogen-bond acceptors (Lipinski definition) is 5. The van der Waals surface area contributed by atoms with Gasteiger partial charge >= 0.3 is 5.97 Å². The SMILES string of the molecule is CCCOc1cncc(N2CCC(C(=O)O)CC2C)n1. The smallest absolute Gasteiger partial charge is 0.306 e. The second-order valence-corrected chi connectivity index (χ2v) is 5.17. The normalized spacial score (nSPS) is 22.6. The van der Waals surface area contributed by atoms with Gasteiger partial charge in [-0.25, -0.2) is 0 Å². The van der Waals surface area contributed by atoms with E-state index in [4.69, 9.17) is 9.84 Å². The number of carboxylic acids is 1. The zero-order valence-electron chi connectivity index (χ0n) is 12.0. The molecule has 0 bridgehead atoms. The first-order valence-electron chi connectivity index (χ1n) is 7.06. The average molecular weight is 279 g/mol. The molecular formula is C14H21N3O3. The Morgan fingerprint density at radius 1 is 1.55 bits per heavy atom. The number of aliphatic carboxylic acids is 1. The summed E-state index contributed by atoms with van der Waals surface area (Å²) in [6, 6.07) is 0.139. The topological polar surface area (TPSA) is 75.5 Å². The summed E-state index contributed by atoms with van der Waals surface area (Å²) in [7, 11) is 0. The van der Waals surface area contributed by atoms with Crippen molar-refractivity contribution in [3.05, 3.63) is 12.4 Å². The van der Waals surface area contributed by atoms with E-state index in [0.29, 0.717) is 31.9 Å². The minimum absolute atomic E-state index is 0.139. The number of carboxylic acid groups (broad SMARTS) is 1. The second-order valence-electron chi connectivity index (χ2n) is 5.17. The van der Waals surface area contributed by atoms with Crippen LogP contribution in [0.15, 0.2) is 12.4 Å². The van der Waals surface area contributed by atoms with Gasteiger partial charge in [0, 0.05) is 12.6 Å². The van der Waals surface area contributed by atoms with E-state index < -0.39 is 5.97 Å². The first-order chi connectivity index (χ1) is 9.61. The van der Waals surface area contributed by atoms with Crippen LogP contribution in [-0.2, 0) is 4.79 Å². The monoisotopic (exact) mass is 279 g/mol. The van der Waals surface area contributed by atoms with Crippen molar-refractivity contribution in [3.63, 3.8) is 0 Å². The maximum Gasteiger partial charge on any atom is 0.306 e. The van der Waals surface area contributed by atoms with Gasteiger partial charge in [-0.1, -0.05) is 6.92 Å². The molecule has 1 N–H and O–H groups in total. The lowest BCUT2D eigenvalue weighted by atomic mass is 9.92. The van der Waals surface area contributed by atoms with Crippen molar-refractivity contribution in [2.24, 2.45) is 5.92 Å². The molecule has 1 saturated heterocycles. The molecule has 110 valence electrons. The van der Waals surface area contributed by atoms with Gasteiger partial charge in [-0.2, -0.15) is 4.98 Å². The second kappa shape index (κ2) is 6.54. The van der Waals surface area contributed by atoms with E-state index in [1.165, 1.54) is 0 Å². The van der Waals surface area contributed by atoms with Gasteiger partial charge in [0.25, 0.3) is 0 Å². The molecule has 1 aliphatic heterocycles. The molecule has 1 aliphatic rings. The van der Waals surface area contributed by atoms with E-state index in [0.717, 1.165) is 12.2 Å². The molecule has 2 atom stereocenters. The lowest BCUT2D eigenvalue weighted by Crippen LogP contribution is -2.43. The quantitative estimate of drug-likeness (QED) is 0.888. The highest BCUT2D eigenvalue weighted by molar-refractivity contribution is 5.70. The first-order valence-corrected chi connectivity index (χ1v) is 7.06. The Bertz CT molecular complexity index is 467. The predicted octanol–water partition coefficient (Wildman–Crippen LogP) is 1.95. The summed E-state index contributed by atoms with van der Waals surface area (Å²) in [6.07, 6.45) is 5.51. The van der Waals surface area contributed by atoms with Crippen molar-refractivity contribution in [3.8, 4) is 5.88 Å². The van der Waals surface area contributed by atoms with Gasteiger partial charge in [0.2, 0.25) is 5.88 Å². The Hall–Kier alpha value is -1.85. The molecule has 1 aromatic rings. The summed E-state index contributed by atoms with van der Waals surface area (Å²) < 4.78 is 5.49.